The molecule has 0 aliphatic rings. The fourth-order valence-corrected chi connectivity index (χ4v) is 2.44. The van der Waals surface area contributed by atoms with E-state index in [1.807, 2.05) is 24.3 Å². The lowest BCUT2D eigenvalue weighted by Gasteiger charge is -2.08. The highest BCUT2D eigenvalue weighted by Gasteiger charge is 2.16. The summed E-state index contributed by atoms with van der Waals surface area (Å²) in [4.78, 5) is 11.9. The lowest BCUT2D eigenvalue weighted by atomic mass is 10.1. The number of nitrogens with one attached hydrogen (secondary N) is 1. The minimum atomic E-state index is -0.918. The zero-order chi connectivity index (χ0) is 19.9. The predicted molar refractivity (Wildman–Crippen MR) is 98.2 cm³/mol. The van der Waals surface area contributed by atoms with Gasteiger partial charge < -0.3 is 14.8 Å². The Balaban J connectivity index is 1.50. The topological polar surface area (TPSA) is 73.3 Å². The summed E-state index contributed by atoms with van der Waals surface area (Å²) < 4.78 is 37.6. The van der Waals surface area contributed by atoms with Crippen LogP contribution in [0.5, 0.6) is 11.6 Å². The third-order valence-corrected chi connectivity index (χ3v) is 3.85. The van der Waals surface area contributed by atoms with Crippen LogP contribution in [-0.4, -0.2) is 36.4 Å². The van der Waals surface area contributed by atoms with E-state index in [1.165, 1.54) is 6.07 Å². The second-order valence-corrected chi connectivity index (χ2v) is 5.69. The van der Waals surface area contributed by atoms with Crippen molar-refractivity contribution in [2.75, 3.05) is 20.3 Å². The number of nitrogens with zero attached hydrogens (tertiary/aromatic N) is 2. The van der Waals surface area contributed by atoms with Gasteiger partial charge in [-0.05, 0) is 42.5 Å². The number of methoxy groups -OCH3 is 1. The van der Waals surface area contributed by atoms with E-state index in [9.17, 15) is 13.6 Å². The average molecular weight is 385 g/mol. The summed E-state index contributed by atoms with van der Waals surface area (Å²) in [5.74, 6) is -1.67. The van der Waals surface area contributed by atoms with Crippen molar-refractivity contribution in [1.29, 1.82) is 0 Å². The van der Waals surface area contributed by atoms with E-state index in [-0.39, 0.29) is 19.0 Å². The van der Waals surface area contributed by atoms with E-state index in [0.717, 1.165) is 23.4 Å². The van der Waals surface area contributed by atoms with E-state index in [2.05, 4.69) is 15.5 Å². The number of ether oxygens (including phenoxy) is 2. The molecule has 3 aromatic rings. The highest BCUT2D eigenvalue weighted by molar-refractivity contribution is 5.94. The van der Waals surface area contributed by atoms with Crippen LogP contribution in [0.2, 0.25) is 0 Å². The van der Waals surface area contributed by atoms with Gasteiger partial charge in [-0.25, -0.2) is 8.78 Å². The molecule has 8 heteroatoms. The largest absolute Gasteiger partial charge is 0.497 e. The Bertz CT molecular complexity index is 928. The Morgan fingerprint density at radius 3 is 2.32 bits per heavy atom. The molecule has 1 N–H and O–H groups in total. The molecule has 1 amide bonds. The molecule has 0 atom stereocenters. The molecule has 2 aromatic carbocycles. The molecule has 3 rings (SSSR count). The standard InChI is InChI=1S/C20H17F2N3O3/c1-27-14-7-5-13(6-8-14)17-9-10-18(25-24-17)28-12-11-23-20(26)19-15(21)3-2-4-16(19)22/h2-10H,11-12H2,1H3,(H,23,26). The second-order valence-electron chi connectivity index (χ2n) is 5.69. The van der Waals surface area contributed by atoms with Crippen LogP contribution in [0.15, 0.2) is 54.6 Å². The monoisotopic (exact) mass is 385 g/mol. The lowest BCUT2D eigenvalue weighted by Crippen LogP contribution is -2.29. The maximum absolute atomic E-state index is 13.5. The summed E-state index contributed by atoms with van der Waals surface area (Å²) in [7, 11) is 1.59. The summed E-state index contributed by atoms with van der Waals surface area (Å²) in [6, 6.07) is 14.0. The van der Waals surface area contributed by atoms with Crippen LogP contribution < -0.4 is 14.8 Å². The number of hydrogen-bond donors (Lipinski definition) is 1. The molecule has 0 saturated heterocycles. The van der Waals surface area contributed by atoms with Gasteiger partial charge >= 0.3 is 0 Å². The fourth-order valence-electron chi connectivity index (χ4n) is 2.44. The summed E-state index contributed by atoms with van der Waals surface area (Å²) in [6.45, 7) is 0.118. The first-order valence-electron chi connectivity index (χ1n) is 8.41. The SMILES string of the molecule is COc1ccc(-c2ccc(OCCNC(=O)c3c(F)cccc3F)nn2)cc1. The van der Waals surface area contributed by atoms with Crippen LogP contribution in [0, 0.1) is 11.6 Å². The highest BCUT2D eigenvalue weighted by Crippen LogP contribution is 2.21. The highest BCUT2D eigenvalue weighted by atomic mass is 19.1. The van der Waals surface area contributed by atoms with E-state index < -0.39 is 23.1 Å². The first kappa shape index (κ1) is 19.2. The minimum absolute atomic E-state index is 0.0501. The Morgan fingerprint density at radius 2 is 1.71 bits per heavy atom. The molecule has 1 aromatic heterocycles. The van der Waals surface area contributed by atoms with Gasteiger partial charge in [0.25, 0.3) is 5.91 Å². The van der Waals surface area contributed by atoms with Gasteiger partial charge in [0.1, 0.15) is 29.6 Å². The van der Waals surface area contributed by atoms with Gasteiger partial charge in [-0.15, -0.1) is 10.2 Å². The average Bonchev–Trinajstić information content (AvgIpc) is 2.72. The van der Waals surface area contributed by atoms with Gasteiger partial charge in [0.05, 0.1) is 19.3 Å². The summed E-state index contributed by atoms with van der Waals surface area (Å²) in [5, 5.41) is 10.4. The molecule has 0 aliphatic carbocycles. The number of aromatic nitrogens is 2. The molecule has 0 bridgehead atoms. The van der Waals surface area contributed by atoms with Crippen molar-refractivity contribution in [3.05, 3.63) is 71.8 Å². The quantitative estimate of drug-likeness (QED) is 0.632. The molecule has 144 valence electrons. The Morgan fingerprint density at radius 1 is 1.00 bits per heavy atom. The van der Waals surface area contributed by atoms with Gasteiger partial charge in [-0.3, -0.25) is 4.79 Å². The van der Waals surface area contributed by atoms with Crippen LogP contribution in [0.4, 0.5) is 8.78 Å². The molecule has 0 radical (unpaired) electrons. The van der Waals surface area contributed by atoms with Gasteiger partial charge in [0, 0.05) is 11.6 Å². The van der Waals surface area contributed by atoms with Crippen molar-refractivity contribution >= 4 is 5.91 Å². The minimum Gasteiger partial charge on any atom is -0.497 e. The first-order valence-corrected chi connectivity index (χ1v) is 8.41. The second kappa shape index (κ2) is 8.90. The van der Waals surface area contributed by atoms with Gasteiger partial charge in [0.15, 0.2) is 0 Å². The smallest absolute Gasteiger partial charge is 0.257 e. The Labute approximate surface area is 160 Å². The predicted octanol–water partition coefficient (Wildman–Crippen LogP) is 3.24. The van der Waals surface area contributed by atoms with E-state index >= 15 is 0 Å². The summed E-state index contributed by atoms with van der Waals surface area (Å²) in [6.07, 6.45) is 0. The molecular weight excluding hydrogens is 368 g/mol. The first-order chi connectivity index (χ1) is 13.6. The van der Waals surface area contributed by atoms with Gasteiger partial charge in [0.2, 0.25) is 5.88 Å². The maximum Gasteiger partial charge on any atom is 0.257 e. The molecule has 0 aliphatic heterocycles. The molecule has 1 heterocycles. The molecule has 0 saturated carbocycles. The maximum atomic E-state index is 13.5. The van der Waals surface area contributed by atoms with Gasteiger partial charge in [-0.2, -0.15) is 0 Å². The van der Waals surface area contributed by atoms with Crippen molar-refractivity contribution in [3.8, 4) is 22.9 Å². The number of carbonyl (C=O) groups excluding carboxylic acids is 1. The van der Waals surface area contributed by atoms with Crippen LogP contribution >= 0.6 is 0 Å². The van der Waals surface area contributed by atoms with Crippen molar-refractivity contribution in [3.63, 3.8) is 0 Å². The normalized spacial score (nSPS) is 10.4. The van der Waals surface area contributed by atoms with E-state index in [1.54, 1.807) is 19.2 Å². The number of halogens is 2. The number of hydrogen-bond acceptors (Lipinski definition) is 5. The third kappa shape index (κ3) is 4.59. The molecular formula is C20H17F2N3O3. The van der Waals surface area contributed by atoms with Crippen molar-refractivity contribution < 1.29 is 23.0 Å². The fraction of sp³-hybridized carbons (Fsp3) is 0.150. The molecule has 0 unspecified atom stereocenters. The number of carbonyl (C=O) groups is 1. The van der Waals surface area contributed by atoms with Crippen LogP contribution in [0.1, 0.15) is 10.4 Å². The van der Waals surface area contributed by atoms with E-state index in [0.29, 0.717) is 5.69 Å². The third-order valence-electron chi connectivity index (χ3n) is 3.85. The van der Waals surface area contributed by atoms with Crippen molar-refractivity contribution in [1.82, 2.24) is 15.5 Å². The van der Waals surface area contributed by atoms with Crippen LogP contribution in [0.25, 0.3) is 11.3 Å². The lowest BCUT2D eigenvalue weighted by molar-refractivity contribution is 0.0938. The van der Waals surface area contributed by atoms with Crippen molar-refractivity contribution in [2.24, 2.45) is 0 Å². The zero-order valence-corrected chi connectivity index (χ0v) is 15.0. The zero-order valence-electron chi connectivity index (χ0n) is 15.0. The van der Waals surface area contributed by atoms with Crippen molar-refractivity contribution in [2.45, 2.75) is 0 Å². The molecule has 0 spiro atoms. The molecule has 6 nitrogen and oxygen atoms in total. The Hall–Kier alpha value is -3.55. The molecule has 28 heavy (non-hydrogen) atoms. The number of amides is 1. The van der Waals surface area contributed by atoms with Crippen LogP contribution in [0.3, 0.4) is 0 Å². The Kier molecular flexibility index (Phi) is 6.11. The summed E-state index contributed by atoms with van der Waals surface area (Å²) >= 11 is 0. The molecule has 0 fully saturated rings. The van der Waals surface area contributed by atoms with Crippen LogP contribution in [-0.2, 0) is 0 Å². The van der Waals surface area contributed by atoms with E-state index in [4.69, 9.17) is 9.47 Å². The summed E-state index contributed by atoms with van der Waals surface area (Å²) in [5.41, 5.74) is 0.920. The van der Waals surface area contributed by atoms with Gasteiger partial charge in [-0.1, -0.05) is 6.07 Å². The number of rotatable bonds is 7. The number of benzene rings is 2.